The number of carboxylic acid groups (broad SMARTS) is 1. The Hall–Kier alpha value is -4.03. The number of benzene rings is 2. The van der Waals surface area contributed by atoms with Crippen LogP contribution in [0.2, 0.25) is 0 Å². The van der Waals surface area contributed by atoms with Crippen LogP contribution in [0.4, 0.5) is 5.69 Å². The zero-order valence-corrected chi connectivity index (χ0v) is 19.4. The number of nitrogens with one attached hydrogen (secondary N) is 3. The molecule has 1 heterocycles. The Balaban J connectivity index is 1.88. The van der Waals surface area contributed by atoms with Gasteiger partial charge in [0.15, 0.2) is 0 Å². The maximum Gasteiger partial charge on any atom is 0.305 e. The van der Waals surface area contributed by atoms with E-state index in [0.29, 0.717) is 11.9 Å². The molecule has 1 atom stereocenters. The van der Waals surface area contributed by atoms with Gasteiger partial charge >= 0.3 is 5.97 Å². The summed E-state index contributed by atoms with van der Waals surface area (Å²) in [4.78, 5) is 47.5. The number of sulfonamides is 1. The van der Waals surface area contributed by atoms with Crippen LogP contribution in [0, 0.1) is 0 Å². The highest BCUT2D eigenvalue weighted by molar-refractivity contribution is 7.89. The monoisotopic (exact) mass is 501 g/mol. The number of fused-ring (bicyclic) bond motifs is 1. The number of carbonyl (C=O) groups excluding carboxylic acids is 2. The molecule has 1 aromatic heterocycles. The number of ether oxygens (including phenoxy) is 1. The van der Waals surface area contributed by atoms with E-state index in [4.69, 9.17) is 9.84 Å². The highest BCUT2D eigenvalue weighted by atomic mass is 32.2. The van der Waals surface area contributed by atoms with Crippen LogP contribution in [-0.2, 0) is 30.8 Å². The van der Waals surface area contributed by atoms with Gasteiger partial charge in [0.25, 0.3) is 0 Å². The van der Waals surface area contributed by atoms with Crippen LogP contribution in [-0.4, -0.2) is 49.3 Å². The van der Waals surface area contributed by atoms with Gasteiger partial charge in [0, 0.05) is 42.1 Å². The summed E-state index contributed by atoms with van der Waals surface area (Å²) in [6, 6.07) is 10.8. The van der Waals surface area contributed by atoms with E-state index in [1.54, 1.807) is 18.2 Å². The van der Waals surface area contributed by atoms with E-state index in [-0.39, 0.29) is 40.7 Å². The summed E-state index contributed by atoms with van der Waals surface area (Å²) in [6.07, 6.45) is -0.175. The van der Waals surface area contributed by atoms with Crippen molar-refractivity contribution in [2.75, 3.05) is 11.9 Å². The van der Waals surface area contributed by atoms with Gasteiger partial charge in [-0.1, -0.05) is 12.1 Å². The van der Waals surface area contributed by atoms with E-state index in [0.717, 1.165) is 10.9 Å². The standard InChI is InChI=1S/C23H23N3O8S/c1-14(28)24-16-5-7-21(35(32,33)26-17(13-27)12-23(30)31)20(11-16)34-10-9-15-3-2-4-19-18(15)6-8-22(29)25-19/h2-8,11,13,17,26H,9-10,12H2,1H3,(H,24,28)(H,25,29)(H,30,31). The number of aldehydes is 1. The summed E-state index contributed by atoms with van der Waals surface area (Å²) >= 11 is 0. The smallest absolute Gasteiger partial charge is 0.305 e. The molecule has 11 nitrogen and oxygen atoms in total. The van der Waals surface area contributed by atoms with Gasteiger partial charge in [-0.3, -0.25) is 14.4 Å². The number of H-pyrrole nitrogens is 1. The topological polar surface area (TPSA) is 172 Å². The Labute approximate surface area is 200 Å². The first-order valence-electron chi connectivity index (χ1n) is 10.4. The zero-order valence-electron chi connectivity index (χ0n) is 18.6. The maximum atomic E-state index is 12.9. The number of pyridine rings is 1. The Bertz CT molecular complexity index is 1430. The quantitative estimate of drug-likeness (QED) is 0.286. The Kier molecular flexibility index (Phi) is 7.99. The summed E-state index contributed by atoms with van der Waals surface area (Å²) in [5.74, 6) is -1.83. The van der Waals surface area contributed by atoms with Crippen molar-refractivity contribution >= 4 is 44.8 Å². The summed E-state index contributed by atoms with van der Waals surface area (Å²) in [7, 11) is -4.35. The molecule has 0 saturated carbocycles. The van der Waals surface area contributed by atoms with Gasteiger partial charge in [0.1, 0.15) is 16.9 Å². The lowest BCUT2D eigenvalue weighted by Crippen LogP contribution is -2.37. The molecular formula is C23H23N3O8S. The number of carboxylic acids is 1. The Morgan fingerprint density at radius 1 is 1.17 bits per heavy atom. The molecule has 0 fully saturated rings. The van der Waals surface area contributed by atoms with Crippen LogP contribution in [0.25, 0.3) is 10.9 Å². The maximum absolute atomic E-state index is 12.9. The SMILES string of the molecule is CC(=O)Nc1ccc(S(=O)(=O)NC(C=O)CC(=O)O)c(OCCc2cccc3[nH]c(=O)ccc23)c1. The highest BCUT2D eigenvalue weighted by Gasteiger charge is 2.25. The number of anilines is 1. The zero-order chi connectivity index (χ0) is 25.6. The van der Waals surface area contributed by atoms with Crippen LogP contribution in [0.3, 0.4) is 0 Å². The summed E-state index contributed by atoms with van der Waals surface area (Å²) in [5.41, 5.74) is 1.54. The molecule has 0 radical (unpaired) electrons. The lowest BCUT2D eigenvalue weighted by Gasteiger charge is -2.16. The van der Waals surface area contributed by atoms with Crippen molar-refractivity contribution in [3.8, 4) is 5.75 Å². The molecule has 0 aliphatic rings. The number of rotatable bonds is 11. The Morgan fingerprint density at radius 2 is 1.94 bits per heavy atom. The fourth-order valence-corrected chi connectivity index (χ4v) is 4.73. The predicted molar refractivity (Wildman–Crippen MR) is 127 cm³/mol. The minimum absolute atomic E-state index is 0.0382. The number of hydrogen-bond acceptors (Lipinski definition) is 7. The van der Waals surface area contributed by atoms with Crippen LogP contribution >= 0.6 is 0 Å². The van der Waals surface area contributed by atoms with E-state index >= 15 is 0 Å². The van der Waals surface area contributed by atoms with Crippen molar-refractivity contribution in [1.29, 1.82) is 0 Å². The molecule has 3 aromatic rings. The van der Waals surface area contributed by atoms with E-state index in [1.165, 1.54) is 31.2 Å². The van der Waals surface area contributed by atoms with E-state index in [1.807, 2.05) is 6.07 Å². The molecule has 0 spiro atoms. The van der Waals surface area contributed by atoms with Gasteiger partial charge in [-0.05, 0) is 29.8 Å². The first-order valence-corrected chi connectivity index (χ1v) is 11.9. The first kappa shape index (κ1) is 25.6. The van der Waals surface area contributed by atoms with Gasteiger partial charge < -0.3 is 24.9 Å². The predicted octanol–water partition coefficient (Wildman–Crippen LogP) is 1.43. The number of carbonyl (C=O) groups is 3. The van der Waals surface area contributed by atoms with E-state index in [9.17, 15) is 27.6 Å². The molecule has 3 rings (SSSR count). The number of aromatic amines is 1. The second-order valence-electron chi connectivity index (χ2n) is 7.60. The van der Waals surface area contributed by atoms with Gasteiger partial charge in [-0.15, -0.1) is 0 Å². The van der Waals surface area contributed by atoms with Crippen LogP contribution in [0.1, 0.15) is 18.9 Å². The average molecular weight is 502 g/mol. The third kappa shape index (κ3) is 6.74. The van der Waals surface area contributed by atoms with Crippen molar-refractivity contribution in [2.45, 2.75) is 30.7 Å². The van der Waals surface area contributed by atoms with Crippen molar-refractivity contribution < 1.29 is 32.6 Å². The van der Waals surface area contributed by atoms with Crippen LogP contribution in [0.5, 0.6) is 5.75 Å². The lowest BCUT2D eigenvalue weighted by atomic mass is 10.1. The summed E-state index contributed by atoms with van der Waals surface area (Å²) in [5, 5.41) is 12.2. The van der Waals surface area contributed by atoms with E-state index < -0.39 is 28.5 Å². The third-order valence-corrected chi connectivity index (χ3v) is 6.43. The number of aliphatic carboxylic acids is 1. The molecule has 0 aliphatic heterocycles. The number of amides is 1. The highest BCUT2D eigenvalue weighted by Crippen LogP contribution is 2.28. The molecule has 184 valence electrons. The van der Waals surface area contributed by atoms with Gasteiger partial charge in [0.05, 0.1) is 19.1 Å². The molecular weight excluding hydrogens is 478 g/mol. The first-order chi connectivity index (χ1) is 16.6. The fourth-order valence-electron chi connectivity index (χ4n) is 3.43. The molecule has 1 amide bonds. The molecule has 4 N–H and O–H groups in total. The van der Waals surface area contributed by atoms with Gasteiger partial charge in [0.2, 0.25) is 21.5 Å². The molecule has 2 aromatic carbocycles. The normalized spacial score (nSPS) is 12.1. The van der Waals surface area contributed by atoms with Crippen LogP contribution in [0.15, 0.2) is 58.2 Å². The van der Waals surface area contributed by atoms with Crippen molar-refractivity contribution in [1.82, 2.24) is 9.71 Å². The van der Waals surface area contributed by atoms with Crippen molar-refractivity contribution in [3.05, 3.63) is 64.4 Å². The molecule has 0 saturated heterocycles. The van der Waals surface area contributed by atoms with Gasteiger partial charge in [-0.25, -0.2) is 13.1 Å². The minimum atomic E-state index is -4.35. The van der Waals surface area contributed by atoms with Crippen molar-refractivity contribution in [3.63, 3.8) is 0 Å². The largest absolute Gasteiger partial charge is 0.492 e. The summed E-state index contributed by atoms with van der Waals surface area (Å²) in [6.45, 7) is 1.33. The number of aromatic nitrogens is 1. The Morgan fingerprint density at radius 3 is 2.63 bits per heavy atom. The minimum Gasteiger partial charge on any atom is -0.492 e. The van der Waals surface area contributed by atoms with Gasteiger partial charge in [-0.2, -0.15) is 0 Å². The molecule has 35 heavy (non-hydrogen) atoms. The van der Waals surface area contributed by atoms with Crippen LogP contribution < -0.4 is 20.3 Å². The molecule has 1 unspecified atom stereocenters. The summed E-state index contributed by atoms with van der Waals surface area (Å²) < 4.78 is 33.6. The molecule has 12 heteroatoms. The van der Waals surface area contributed by atoms with Crippen molar-refractivity contribution in [2.24, 2.45) is 0 Å². The van der Waals surface area contributed by atoms with E-state index in [2.05, 4.69) is 15.0 Å². The fraction of sp³-hybridized carbons (Fsp3) is 0.217. The second kappa shape index (κ2) is 10.9. The lowest BCUT2D eigenvalue weighted by molar-refractivity contribution is -0.138. The number of hydrogen-bond donors (Lipinski definition) is 4. The molecule has 0 bridgehead atoms. The average Bonchev–Trinajstić information content (AvgIpc) is 2.77. The third-order valence-electron chi connectivity index (χ3n) is 4.90. The second-order valence-corrected chi connectivity index (χ2v) is 9.29. The molecule has 0 aliphatic carbocycles.